The van der Waals surface area contributed by atoms with Crippen LogP contribution < -0.4 is 9.47 Å². The molecule has 1 heterocycles. The van der Waals surface area contributed by atoms with Crippen LogP contribution in [0.25, 0.3) is 6.08 Å². The number of likely N-dealkylation sites (tertiary alicyclic amines) is 1. The van der Waals surface area contributed by atoms with Gasteiger partial charge in [0.05, 0.1) is 13.7 Å². The van der Waals surface area contributed by atoms with Gasteiger partial charge in [0, 0.05) is 18.7 Å². The first-order valence-corrected chi connectivity index (χ1v) is 7.95. The lowest BCUT2D eigenvalue weighted by Gasteiger charge is -2.32. The average molecular weight is 303 g/mol. The Morgan fingerprint density at radius 3 is 2.86 bits per heavy atom. The highest BCUT2D eigenvalue weighted by Gasteiger charge is 2.21. The minimum Gasteiger partial charge on any atom is -0.493 e. The number of carbonyl (C=O) groups is 1. The molecule has 22 heavy (non-hydrogen) atoms. The van der Waals surface area contributed by atoms with Crippen molar-refractivity contribution >= 4 is 12.0 Å². The number of rotatable bonds is 5. The molecule has 1 aromatic carbocycles. The molecule has 4 heteroatoms. The molecule has 0 aliphatic carbocycles. The fourth-order valence-electron chi connectivity index (χ4n) is 2.75. The van der Waals surface area contributed by atoms with E-state index in [1.807, 2.05) is 36.1 Å². The molecule has 4 nitrogen and oxygen atoms in total. The third-order valence-corrected chi connectivity index (χ3v) is 3.99. The zero-order chi connectivity index (χ0) is 15.9. The molecule has 0 radical (unpaired) electrons. The number of carbonyl (C=O) groups excluding carboxylic acids is 1. The van der Waals surface area contributed by atoms with Crippen molar-refractivity contribution in [1.82, 2.24) is 4.90 Å². The summed E-state index contributed by atoms with van der Waals surface area (Å²) in [6.45, 7) is 5.49. The number of nitrogens with zero attached hydrogens (tertiary/aromatic N) is 1. The Morgan fingerprint density at radius 1 is 1.36 bits per heavy atom. The first-order chi connectivity index (χ1) is 10.7. The lowest BCUT2D eigenvalue weighted by Crippen LogP contribution is -2.41. The number of ether oxygens (including phenoxy) is 2. The van der Waals surface area contributed by atoms with Crippen LogP contribution >= 0.6 is 0 Å². The molecule has 1 aliphatic rings. The van der Waals surface area contributed by atoms with Crippen LogP contribution in [0.1, 0.15) is 38.7 Å². The Balaban J connectivity index is 2.08. The van der Waals surface area contributed by atoms with Gasteiger partial charge in [-0.1, -0.05) is 6.07 Å². The van der Waals surface area contributed by atoms with E-state index in [-0.39, 0.29) is 5.91 Å². The predicted octanol–water partition coefficient (Wildman–Crippen LogP) is 3.51. The summed E-state index contributed by atoms with van der Waals surface area (Å²) in [5.74, 6) is 1.49. The van der Waals surface area contributed by atoms with E-state index in [1.54, 1.807) is 13.2 Å². The molecule has 0 spiro atoms. The summed E-state index contributed by atoms with van der Waals surface area (Å²) in [7, 11) is 1.62. The largest absolute Gasteiger partial charge is 0.493 e. The molecule has 1 saturated heterocycles. The highest BCUT2D eigenvalue weighted by Crippen LogP contribution is 2.28. The molecular weight excluding hydrogens is 278 g/mol. The van der Waals surface area contributed by atoms with E-state index in [1.165, 1.54) is 6.42 Å². The van der Waals surface area contributed by atoms with Crippen LogP contribution in [-0.2, 0) is 4.79 Å². The minimum atomic E-state index is 0.0842. The fraction of sp³-hybridized carbons (Fsp3) is 0.500. The molecule has 1 fully saturated rings. The van der Waals surface area contributed by atoms with Gasteiger partial charge in [-0.2, -0.15) is 0 Å². The van der Waals surface area contributed by atoms with Gasteiger partial charge in [-0.05, 0) is 56.9 Å². The van der Waals surface area contributed by atoms with Gasteiger partial charge in [-0.3, -0.25) is 4.79 Å². The number of amides is 1. The SMILES string of the molecule is CCOc1cc(C=CC(=O)N2CCCCC2C)ccc1OC. The quantitative estimate of drug-likeness (QED) is 0.781. The molecule has 0 N–H and O–H groups in total. The van der Waals surface area contributed by atoms with Gasteiger partial charge >= 0.3 is 0 Å². The Morgan fingerprint density at radius 2 is 2.18 bits per heavy atom. The zero-order valence-corrected chi connectivity index (χ0v) is 13.7. The smallest absolute Gasteiger partial charge is 0.246 e. The average Bonchev–Trinajstić information content (AvgIpc) is 2.53. The van der Waals surface area contributed by atoms with Gasteiger partial charge < -0.3 is 14.4 Å². The maximum Gasteiger partial charge on any atom is 0.246 e. The van der Waals surface area contributed by atoms with Gasteiger partial charge in [0.1, 0.15) is 0 Å². The fourth-order valence-corrected chi connectivity index (χ4v) is 2.75. The Kier molecular flexibility index (Phi) is 5.87. The van der Waals surface area contributed by atoms with Crippen LogP contribution in [0.5, 0.6) is 11.5 Å². The molecule has 1 unspecified atom stereocenters. The van der Waals surface area contributed by atoms with Gasteiger partial charge in [-0.25, -0.2) is 0 Å². The molecule has 1 aromatic rings. The van der Waals surface area contributed by atoms with Gasteiger partial charge in [0.25, 0.3) is 0 Å². The van der Waals surface area contributed by atoms with Gasteiger partial charge in [0.15, 0.2) is 11.5 Å². The van der Waals surface area contributed by atoms with E-state index in [2.05, 4.69) is 6.92 Å². The first kappa shape index (κ1) is 16.4. The van der Waals surface area contributed by atoms with Gasteiger partial charge in [-0.15, -0.1) is 0 Å². The molecule has 0 bridgehead atoms. The Labute approximate surface area is 132 Å². The normalized spacial score (nSPS) is 18.5. The van der Waals surface area contributed by atoms with Crippen LogP contribution in [0.4, 0.5) is 0 Å². The molecular formula is C18H25NO3. The molecule has 2 rings (SSSR count). The summed E-state index contributed by atoms with van der Waals surface area (Å²) in [5, 5.41) is 0. The third-order valence-electron chi connectivity index (χ3n) is 3.99. The van der Waals surface area contributed by atoms with Crippen LogP contribution in [0, 0.1) is 0 Å². The highest BCUT2D eigenvalue weighted by atomic mass is 16.5. The second-order valence-electron chi connectivity index (χ2n) is 5.55. The van der Waals surface area contributed by atoms with Crippen molar-refractivity contribution in [1.29, 1.82) is 0 Å². The van der Waals surface area contributed by atoms with E-state index in [9.17, 15) is 4.79 Å². The van der Waals surface area contributed by atoms with Crippen molar-refractivity contribution in [3.63, 3.8) is 0 Å². The summed E-state index contributed by atoms with van der Waals surface area (Å²) >= 11 is 0. The van der Waals surface area contributed by atoms with E-state index < -0.39 is 0 Å². The number of piperidine rings is 1. The molecule has 1 aliphatic heterocycles. The Hall–Kier alpha value is -1.97. The second kappa shape index (κ2) is 7.87. The first-order valence-electron chi connectivity index (χ1n) is 7.95. The van der Waals surface area contributed by atoms with Crippen molar-refractivity contribution in [3.05, 3.63) is 29.8 Å². The maximum atomic E-state index is 12.3. The topological polar surface area (TPSA) is 38.8 Å². The predicted molar refractivity (Wildman–Crippen MR) is 88.2 cm³/mol. The number of hydrogen-bond donors (Lipinski definition) is 0. The summed E-state index contributed by atoms with van der Waals surface area (Å²) in [4.78, 5) is 14.3. The van der Waals surface area contributed by atoms with E-state index in [0.717, 1.165) is 24.9 Å². The molecule has 0 aromatic heterocycles. The molecule has 1 amide bonds. The maximum absolute atomic E-state index is 12.3. The summed E-state index contributed by atoms with van der Waals surface area (Å²) in [6.07, 6.45) is 6.90. The van der Waals surface area contributed by atoms with Crippen molar-refractivity contribution in [2.75, 3.05) is 20.3 Å². The van der Waals surface area contributed by atoms with Crippen molar-refractivity contribution < 1.29 is 14.3 Å². The number of benzene rings is 1. The van der Waals surface area contributed by atoms with E-state index >= 15 is 0 Å². The van der Waals surface area contributed by atoms with Crippen molar-refractivity contribution in [2.24, 2.45) is 0 Å². The molecule has 1 atom stereocenters. The number of hydrogen-bond acceptors (Lipinski definition) is 3. The highest BCUT2D eigenvalue weighted by molar-refractivity contribution is 5.92. The summed E-state index contributed by atoms with van der Waals surface area (Å²) < 4.78 is 10.8. The standard InChI is InChI=1S/C18H25NO3/c1-4-22-17-13-15(8-10-16(17)21-3)9-11-18(20)19-12-6-5-7-14(19)2/h8-11,13-14H,4-7,12H2,1-3H3. The minimum absolute atomic E-state index is 0.0842. The van der Waals surface area contributed by atoms with Crippen LogP contribution in [0.3, 0.4) is 0 Å². The van der Waals surface area contributed by atoms with E-state index in [0.29, 0.717) is 24.1 Å². The van der Waals surface area contributed by atoms with Crippen LogP contribution in [0.15, 0.2) is 24.3 Å². The summed E-state index contributed by atoms with van der Waals surface area (Å²) in [6, 6.07) is 6.01. The lowest BCUT2D eigenvalue weighted by molar-refractivity contribution is -0.129. The number of methoxy groups -OCH3 is 1. The van der Waals surface area contributed by atoms with Crippen molar-refractivity contribution in [2.45, 2.75) is 39.2 Å². The van der Waals surface area contributed by atoms with Gasteiger partial charge in [0.2, 0.25) is 5.91 Å². The second-order valence-corrected chi connectivity index (χ2v) is 5.55. The third kappa shape index (κ3) is 4.03. The monoisotopic (exact) mass is 303 g/mol. The zero-order valence-electron chi connectivity index (χ0n) is 13.7. The van der Waals surface area contributed by atoms with E-state index in [4.69, 9.17) is 9.47 Å². The Bertz CT molecular complexity index is 539. The summed E-state index contributed by atoms with van der Waals surface area (Å²) in [5.41, 5.74) is 0.933. The van der Waals surface area contributed by atoms with Crippen LogP contribution in [0.2, 0.25) is 0 Å². The van der Waals surface area contributed by atoms with Crippen LogP contribution in [-0.4, -0.2) is 37.1 Å². The van der Waals surface area contributed by atoms with Crippen molar-refractivity contribution in [3.8, 4) is 11.5 Å². The lowest BCUT2D eigenvalue weighted by atomic mass is 10.0. The molecule has 120 valence electrons. The molecule has 0 saturated carbocycles.